The quantitative estimate of drug-likeness (QED) is 0.351. The smallest absolute Gasteiger partial charge is 0.325 e. The number of esters is 1. The number of benzene rings is 2. The summed E-state index contributed by atoms with van der Waals surface area (Å²) in [5.74, 6) is 0.289. The van der Waals surface area contributed by atoms with Crippen molar-refractivity contribution < 1.29 is 23.8 Å². The number of nitrogens with zero attached hydrogens (tertiary/aromatic N) is 2. The van der Waals surface area contributed by atoms with E-state index in [9.17, 15) is 9.59 Å². The Morgan fingerprint density at radius 3 is 2.47 bits per heavy atom. The summed E-state index contributed by atoms with van der Waals surface area (Å²) in [6.45, 7) is 2.19. The highest BCUT2D eigenvalue weighted by atomic mass is 16.5. The summed E-state index contributed by atoms with van der Waals surface area (Å²) < 4.78 is 17.2. The molecule has 8 nitrogen and oxygen atoms in total. The number of hydrogen-bond donors (Lipinski definition) is 1. The van der Waals surface area contributed by atoms with Gasteiger partial charge in [-0.1, -0.05) is 18.2 Å². The first-order chi connectivity index (χ1) is 14.5. The van der Waals surface area contributed by atoms with E-state index < -0.39 is 5.91 Å². The molecule has 0 aliphatic rings. The van der Waals surface area contributed by atoms with Crippen molar-refractivity contribution in [2.45, 2.75) is 13.5 Å². The Balaban J connectivity index is 1.79. The van der Waals surface area contributed by atoms with Gasteiger partial charge in [-0.2, -0.15) is 5.10 Å². The van der Waals surface area contributed by atoms with Crippen LogP contribution in [0.2, 0.25) is 0 Å². The topological polar surface area (TPSA) is 91.2 Å². The van der Waals surface area contributed by atoms with Crippen molar-refractivity contribution >= 4 is 29.0 Å². The van der Waals surface area contributed by atoms with Gasteiger partial charge in [0.2, 0.25) is 0 Å². The lowest BCUT2D eigenvalue weighted by molar-refractivity contribution is -0.143. The highest BCUT2D eigenvalue weighted by Crippen LogP contribution is 2.23. The summed E-state index contributed by atoms with van der Waals surface area (Å²) in [7, 11) is 3.03. The number of rotatable bonds is 8. The number of nitrogens with one attached hydrogen (secondary N) is 1. The van der Waals surface area contributed by atoms with E-state index in [1.165, 1.54) is 14.2 Å². The fourth-order valence-corrected chi connectivity index (χ4v) is 3.02. The van der Waals surface area contributed by atoms with Crippen LogP contribution in [0.3, 0.4) is 0 Å². The average Bonchev–Trinajstić information content (AvgIpc) is 3.10. The molecule has 3 rings (SSSR count). The largest absolute Gasteiger partial charge is 0.497 e. The number of hydrogen-bond acceptors (Lipinski definition) is 6. The molecule has 0 radical (unpaired) electrons. The number of ether oxygens (including phenoxy) is 3. The van der Waals surface area contributed by atoms with Gasteiger partial charge in [0, 0.05) is 34.3 Å². The molecule has 0 saturated heterocycles. The van der Waals surface area contributed by atoms with Crippen molar-refractivity contribution in [1.82, 2.24) is 9.99 Å². The van der Waals surface area contributed by atoms with Gasteiger partial charge in [0.15, 0.2) is 0 Å². The maximum absolute atomic E-state index is 12.5. The van der Waals surface area contributed by atoms with Crippen LogP contribution in [0, 0.1) is 0 Å². The molecular weight excluding hydrogens is 386 g/mol. The zero-order valence-electron chi connectivity index (χ0n) is 17.0. The van der Waals surface area contributed by atoms with Gasteiger partial charge < -0.3 is 18.8 Å². The Morgan fingerprint density at radius 1 is 1.10 bits per heavy atom. The molecule has 3 aromatic rings. The Kier molecular flexibility index (Phi) is 6.69. The maximum atomic E-state index is 12.5. The Bertz CT molecular complexity index is 1070. The predicted molar refractivity (Wildman–Crippen MR) is 113 cm³/mol. The maximum Gasteiger partial charge on any atom is 0.325 e. The highest BCUT2D eigenvalue weighted by Gasteiger charge is 2.12. The summed E-state index contributed by atoms with van der Waals surface area (Å²) in [5.41, 5.74) is 4.49. The predicted octanol–water partition coefficient (Wildman–Crippen LogP) is 2.99. The number of fused-ring (bicyclic) bond motifs is 1. The molecule has 0 spiro atoms. The van der Waals surface area contributed by atoms with Gasteiger partial charge in [-0.3, -0.25) is 9.59 Å². The highest BCUT2D eigenvalue weighted by molar-refractivity contribution is 6.01. The van der Waals surface area contributed by atoms with Gasteiger partial charge in [0.1, 0.15) is 18.0 Å². The Morgan fingerprint density at radius 2 is 1.80 bits per heavy atom. The third-order valence-electron chi connectivity index (χ3n) is 4.41. The first-order valence-electron chi connectivity index (χ1n) is 9.35. The Labute approximate surface area is 174 Å². The minimum atomic E-state index is -0.404. The summed E-state index contributed by atoms with van der Waals surface area (Å²) in [6.07, 6.45) is 3.34. The summed E-state index contributed by atoms with van der Waals surface area (Å²) in [6, 6.07) is 12.5. The van der Waals surface area contributed by atoms with E-state index >= 15 is 0 Å². The van der Waals surface area contributed by atoms with Gasteiger partial charge in [0.25, 0.3) is 5.91 Å². The normalized spacial score (nSPS) is 10.9. The minimum Gasteiger partial charge on any atom is -0.497 e. The van der Waals surface area contributed by atoms with Crippen LogP contribution in [-0.2, 0) is 16.1 Å². The standard InChI is InChI=1S/C22H23N3O5/c1-4-30-21(26)14-25-13-16(19-7-5-6-8-20(19)25)12-23-24-22(27)15-9-17(28-2)11-18(10-15)29-3/h5-13H,4,14H2,1-3H3,(H,24,27). The molecule has 156 valence electrons. The molecule has 0 aliphatic carbocycles. The van der Waals surface area contributed by atoms with Crippen LogP contribution in [0.25, 0.3) is 10.9 Å². The lowest BCUT2D eigenvalue weighted by atomic mass is 10.2. The SMILES string of the molecule is CCOC(=O)Cn1cc(C=NNC(=O)c2cc(OC)cc(OC)c2)c2ccccc21. The summed E-state index contributed by atoms with van der Waals surface area (Å²) in [4.78, 5) is 24.3. The van der Waals surface area contributed by atoms with Crippen LogP contribution >= 0.6 is 0 Å². The van der Waals surface area contributed by atoms with Crippen molar-refractivity contribution in [3.63, 3.8) is 0 Å². The van der Waals surface area contributed by atoms with E-state index in [-0.39, 0.29) is 12.5 Å². The molecular formula is C22H23N3O5. The fraction of sp³-hybridized carbons (Fsp3) is 0.227. The average molecular weight is 409 g/mol. The van der Waals surface area contributed by atoms with Gasteiger partial charge >= 0.3 is 5.97 Å². The third-order valence-corrected chi connectivity index (χ3v) is 4.41. The van der Waals surface area contributed by atoms with E-state index in [0.717, 1.165) is 16.5 Å². The first kappa shape index (κ1) is 20.9. The third kappa shape index (κ3) is 4.78. The van der Waals surface area contributed by atoms with Crippen LogP contribution in [0.15, 0.2) is 53.8 Å². The molecule has 0 atom stereocenters. The summed E-state index contributed by atoms with van der Waals surface area (Å²) in [5, 5.41) is 4.98. The number of carbonyl (C=O) groups excluding carboxylic acids is 2. The van der Waals surface area contributed by atoms with Crippen LogP contribution in [0.5, 0.6) is 11.5 Å². The van der Waals surface area contributed by atoms with Crippen LogP contribution < -0.4 is 14.9 Å². The molecule has 1 amide bonds. The van der Waals surface area contributed by atoms with E-state index in [4.69, 9.17) is 14.2 Å². The van der Waals surface area contributed by atoms with Crippen molar-refractivity contribution in [1.29, 1.82) is 0 Å². The van der Waals surface area contributed by atoms with Gasteiger partial charge in [-0.25, -0.2) is 5.43 Å². The second-order valence-electron chi connectivity index (χ2n) is 6.33. The molecule has 0 fully saturated rings. The summed E-state index contributed by atoms with van der Waals surface area (Å²) >= 11 is 0. The number of carbonyl (C=O) groups is 2. The van der Waals surface area contributed by atoms with Gasteiger partial charge in [-0.05, 0) is 25.1 Å². The van der Waals surface area contributed by atoms with Crippen molar-refractivity contribution in [2.24, 2.45) is 5.10 Å². The second kappa shape index (κ2) is 9.60. The zero-order chi connectivity index (χ0) is 21.5. The van der Waals surface area contributed by atoms with Crippen molar-refractivity contribution in [2.75, 3.05) is 20.8 Å². The Hall–Kier alpha value is -3.81. The number of aromatic nitrogens is 1. The van der Waals surface area contributed by atoms with Crippen LogP contribution in [0.1, 0.15) is 22.8 Å². The number of hydrazone groups is 1. The van der Waals surface area contributed by atoms with Gasteiger partial charge in [0.05, 0.1) is 27.0 Å². The molecule has 2 aromatic carbocycles. The first-order valence-corrected chi connectivity index (χ1v) is 9.35. The van der Waals surface area contributed by atoms with Crippen LogP contribution in [-0.4, -0.2) is 43.5 Å². The molecule has 0 bridgehead atoms. The molecule has 0 unspecified atom stereocenters. The number of methoxy groups -OCH3 is 2. The van der Waals surface area contributed by atoms with Crippen molar-refractivity contribution in [3.8, 4) is 11.5 Å². The molecule has 30 heavy (non-hydrogen) atoms. The van der Waals surface area contributed by atoms with E-state index in [1.807, 2.05) is 24.3 Å². The van der Waals surface area contributed by atoms with Crippen molar-refractivity contribution in [3.05, 3.63) is 59.8 Å². The lowest BCUT2D eigenvalue weighted by Gasteiger charge is -2.07. The lowest BCUT2D eigenvalue weighted by Crippen LogP contribution is -2.17. The molecule has 0 aliphatic heterocycles. The van der Waals surface area contributed by atoms with E-state index in [0.29, 0.717) is 23.7 Å². The number of amides is 1. The second-order valence-corrected chi connectivity index (χ2v) is 6.33. The minimum absolute atomic E-state index is 0.0954. The monoisotopic (exact) mass is 409 g/mol. The number of para-hydroxylation sites is 1. The van der Waals surface area contributed by atoms with E-state index in [2.05, 4.69) is 10.5 Å². The molecule has 0 saturated carbocycles. The molecule has 8 heteroatoms. The van der Waals surface area contributed by atoms with Gasteiger partial charge in [-0.15, -0.1) is 0 Å². The van der Waals surface area contributed by atoms with Crippen LogP contribution in [0.4, 0.5) is 0 Å². The van der Waals surface area contributed by atoms with E-state index in [1.54, 1.807) is 42.1 Å². The molecule has 1 N–H and O–H groups in total. The molecule has 1 heterocycles. The molecule has 1 aromatic heterocycles. The fourth-order valence-electron chi connectivity index (χ4n) is 3.02. The zero-order valence-corrected chi connectivity index (χ0v) is 17.0.